The van der Waals surface area contributed by atoms with E-state index >= 15 is 0 Å². The molecule has 36 heavy (non-hydrogen) atoms. The molecule has 1 amide bonds. The summed E-state index contributed by atoms with van der Waals surface area (Å²) in [5, 5.41) is 33.0. The second kappa shape index (κ2) is 9.30. The molecule has 11 nitrogen and oxygen atoms in total. The van der Waals surface area contributed by atoms with Crippen LogP contribution in [0.5, 0.6) is 5.75 Å². The first-order valence-corrected chi connectivity index (χ1v) is 11.7. The normalized spacial score (nSPS) is 31.5. The van der Waals surface area contributed by atoms with Gasteiger partial charge in [0.1, 0.15) is 24.0 Å². The lowest BCUT2D eigenvalue weighted by Crippen LogP contribution is -2.74. The molecule has 2 saturated carbocycles. The number of primary amides is 1. The molecule has 0 aliphatic heterocycles. The molecule has 0 bridgehead atoms. The van der Waals surface area contributed by atoms with E-state index in [1.54, 1.807) is 38.1 Å². The lowest BCUT2D eigenvalue weighted by molar-refractivity contribution is -0.192. The molecule has 0 heterocycles. The van der Waals surface area contributed by atoms with Crippen molar-refractivity contribution in [2.75, 3.05) is 27.3 Å². The maximum Gasteiger partial charge on any atom is 0.332 e. The zero-order valence-electron chi connectivity index (χ0n) is 20.3. The summed E-state index contributed by atoms with van der Waals surface area (Å²) in [5.74, 6) is -8.05. The number of esters is 1. The number of Topliss-reactive ketones (excluding diaryl/α,β-unsaturated/α-hetero) is 2. The lowest BCUT2D eigenvalue weighted by atomic mass is 9.54. The highest BCUT2D eigenvalue weighted by Gasteiger charge is 2.68. The van der Waals surface area contributed by atoms with Crippen LogP contribution >= 0.6 is 0 Å². The second-order valence-electron chi connectivity index (χ2n) is 9.69. The van der Waals surface area contributed by atoms with Gasteiger partial charge in [0.15, 0.2) is 11.4 Å². The van der Waals surface area contributed by atoms with Crippen LogP contribution in [0.25, 0.3) is 5.76 Å². The minimum atomic E-state index is -2.67. The van der Waals surface area contributed by atoms with Crippen LogP contribution in [0.3, 0.4) is 0 Å². The highest BCUT2D eigenvalue weighted by Crippen LogP contribution is 2.52. The van der Waals surface area contributed by atoms with E-state index in [4.69, 9.17) is 15.2 Å². The maximum absolute atomic E-state index is 13.8. The quantitative estimate of drug-likeness (QED) is 0.299. The number of hydrogen-bond donors (Lipinski definition) is 4. The number of nitrogens with zero attached hydrogens (tertiary/aromatic N) is 1. The number of ether oxygens (including phenoxy) is 2. The predicted octanol–water partition coefficient (Wildman–Crippen LogP) is -0.284. The number of aromatic hydroxyl groups is 1. The molecule has 5 N–H and O–H groups in total. The van der Waals surface area contributed by atoms with Crippen LogP contribution < -0.4 is 5.73 Å². The smallest absolute Gasteiger partial charge is 0.332 e. The van der Waals surface area contributed by atoms with Crippen molar-refractivity contribution in [3.8, 4) is 5.75 Å². The molecule has 194 valence electrons. The molecule has 1 aromatic carbocycles. The zero-order valence-corrected chi connectivity index (χ0v) is 20.3. The van der Waals surface area contributed by atoms with E-state index in [0.29, 0.717) is 5.56 Å². The number of hydrogen-bond acceptors (Lipinski definition) is 10. The number of aliphatic hydroxyl groups excluding tert-OH is 1. The molecule has 6 atom stereocenters. The fourth-order valence-corrected chi connectivity index (χ4v) is 6.07. The lowest BCUT2D eigenvalue weighted by Gasteiger charge is -2.54. The summed E-state index contributed by atoms with van der Waals surface area (Å²) in [6.45, 7) is 1.17. The largest absolute Gasteiger partial charge is 0.507 e. The Bertz CT molecular complexity index is 1160. The van der Waals surface area contributed by atoms with E-state index in [1.807, 2.05) is 0 Å². The molecule has 0 saturated heterocycles. The molecule has 11 heteroatoms. The first kappa shape index (κ1) is 25.8. The number of nitrogens with two attached hydrogens (primary N) is 1. The molecule has 4 rings (SSSR count). The topological polar surface area (TPSA) is 177 Å². The fraction of sp³-hybridized carbons (Fsp3) is 0.520. The highest BCUT2D eigenvalue weighted by atomic mass is 16.6. The minimum Gasteiger partial charge on any atom is -0.507 e. The highest BCUT2D eigenvalue weighted by molar-refractivity contribution is 6.25. The van der Waals surface area contributed by atoms with Crippen molar-refractivity contribution in [3.63, 3.8) is 0 Å². The maximum atomic E-state index is 13.8. The number of benzene rings is 1. The van der Waals surface area contributed by atoms with Gasteiger partial charge in [-0.05, 0) is 51.4 Å². The Balaban J connectivity index is 1.82. The van der Waals surface area contributed by atoms with Gasteiger partial charge in [0.2, 0.25) is 11.7 Å². The monoisotopic (exact) mass is 502 g/mol. The molecule has 3 aliphatic carbocycles. The Labute approximate surface area is 207 Å². The van der Waals surface area contributed by atoms with Gasteiger partial charge in [-0.15, -0.1) is 0 Å². The number of carbonyl (C=O) groups excluding carboxylic acids is 4. The third-order valence-corrected chi connectivity index (χ3v) is 7.50. The van der Waals surface area contributed by atoms with Gasteiger partial charge in [0.25, 0.3) is 0 Å². The Kier molecular flexibility index (Phi) is 6.67. The Hall–Kier alpha value is -3.28. The van der Waals surface area contributed by atoms with E-state index in [9.17, 15) is 34.5 Å². The summed E-state index contributed by atoms with van der Waals surface area (Å²) in [6, 6.07) is 3.84. The summed E-state index contributed by atoms with van der Waals surface area (Å²) in [6.07, 6.45) is -0.856. The number of fused-ring (bicyclic) bond motifs is 3. The van der Waals surface area contributed by atoms with Gasteiger partial charge in [-0.2, -0.15) is 0 Å². The Morgan fingerprint density at radius 2 is 1.92 bits per heavy atom. The molecular formula is C25H30N2O9. The number of likely N-dealkylation sites (N-methyl/N-ethyl adjacent to an activating group) is 1. The van der Waals surface area contributed by atoms with Crippen LogP contribution in [0.15, 0.2) is 23.8 Å². The van der Waals surface area contributed by atoms with Crippen molar-refractivity contribution < 1.29 is 44.0 Å². The summed E-state index contributed by atoms with van der Waals surface area (Å²) in [7, 11) is 3.28. The number of phenolic OH excluding ortho intramolecular Hbond substituents is 1. The summed E-state index contributed by atoms with van der Waals surface area (Å²) in [4.78, 5) is 53.5. The molecular weight excluding hydrogens is 472 g/mol. The van der Waals surface area contributed by atoms with Crippen molar-refractivity contribution in [3.05, 3.63) is 34.9 Å². The molecule has 2 fully saturated rings. The average Bonchev–Trinajstić information content (AvgIpc) is 2.79. The van der Waals surface area contributed by atoms with Gasteiger partial charge in [0.05, 0.1) is 18.3 Å². The van der Waals surface area contributed by atoms with Crippen LogP contribution in [0.1, 0.15) is 24.5 Å². The first-order chi connectivity index (χ1) is 16.9. The van der Waals surface area contributed by atoms with Crippen molar-refractivity contribution >= 4 is 29.2 Å². The van der Waals surface area contributed by atoms with Crippen molar-refractivity contribution in [2.45, 2.75) is 37.5 Å². The number of ketones is 2. The number of amides is 1. The van der Waals surface area contributed by atoms with Crippen molar-refractivity contribution in [1.82, 2.24) is 4.90 Å². The third-order valence-electron chi connectivity index (χ3n) is 7.50. The summed E-state index contributed by atoms with van der Waals surface area (Å²) in [5.41, 5.74) is 3.42. The number of rotatable bonds is 6. The minimum absolute atomic E-state index is 0.0775. The molecule has 0 spiro atoms. The van der Waals surface area contributed by atoms with Gasteiger partial charge in [-0.3, -0.25) is 14.4 Å². The van der Waals surface area contributed by atoms with Crippen molar-refractivity contribution in [2.24, 2.45) is 23.5 Å². The zero-order chi connectivity index (χ0) is 26.5. The van der Waals surface area contributed by atoms with E-state index in [1.165, 1.54) is 6.07 Å². The summed E-state index contributed by atoms with van der Waals surface area (Å²) < 4.78 is 10.6. The van der Waals surface area contributed by atoms with Crippen LogP contribution in [-0.2, 0) is 35.1 Å². The third kappa shape index (κ3) is 3.78. The number of carbonyl (C=O) groups is 4. The van der Waals surface area contributed by atoms with E-state index in [2.05, 4.69) is 0 Å². The van der Waals surface area contributed by atoms with E-state index in [-0.39, 0.29) is 36.3 Å². The first-order valence-electron chi connectivity index (χ1n) is 11.7. The van der Waals surface area contributed by atoms with Gasteiger partial charge < -0.3 is 35.4 Å². The van der Waals surface area contributed by atoms with Gasteiger partial charge >= 0.3 is 5.97 Å². The molecule has 3 aliphatic rings. The van der Waals surface area contributed by atoms with Gasteiger partial charge in [0, 0.05) is 17.5 Å². The van der Waals surface area contributed by atoms with Gasteiger partial charge in [-0.1, -0.05) is 12.1 Å². The van der Waals surface area contributed by atoms with E-state index in [0.717, 1.165) is 0 Å². The van der Waals surface area contributed by atoms with Crippen molar-refractivity contribution in [1.29, 1.82) is 0 Å². The van der Waals surface area contributed by atoms with Crippen LogP contribution in [-0.4, -0.2) is 88.7 Å². The Morgan fingerprint density at radius 1 is 1.22 bits per heavy atom. The van der Waals surface area contributed by atoms with E-state index < -0.39 is 71.3 Å². The standard InChI is InChI=1S/C25H30N2O9/c1-4-35-15(29)10-36-21-18(24(26)33)23(32)25(34)13(19(21)27(2)3)9-12-8-11-6-5-7-14(28)16(11)20(30)17(12)22(25)31/h5-7,12-13,18-19,21,28,30,34H,4,8-10H2,1-3H3,(H2,26,33)/t12-,13-,18?,19-,21?,25-/m0/s1. The number of phenols is 1. The summed E-state index contributed by atoms with van der Waals surface area (Å²) >= 11 is 0. The van der Waals surface area contributed by atoms with Gasteiger partial charge in [-0.25, -0.2) is 4.79 Å². The SMILES string of the molecule is CCOC(=O)COC1C(C(N)=O)C(=O)[C@@]2(O)C(=O)C3=C(O)c4c(O)cccc4C[C@H]3C[C@H]2[C@@H]1N(C)C. The van der Waals surface area contributed by atoms with Crippen LogP contribution in [0, 0.1) is 17.8 Å². The van der Waals surface area contributed by atoms with Crippen LogP contribution in [0.4, 0.5) is 0 Å². The molecule has 2 unspecified atom stereocenters. The molecule has 1 aromatic rings. The average molecular weight is 503 g/mol. The Morgan fingerprint density at radius 3 is 2.53 bits per heavy atom. The molecule has 0 aromatic heterocycles. The predicted molar refractivity (Wildman–Crippen MR) is 124 cm³/mol. The molecule has 0 radical (unpaired) electrons. The van der Waals surface area contributed by atoms with Crippen LogP contribution in [0.2, 0.25) is 0 Å². The fourth-order valence-electron chi connectivity index (χ4n) is 6.07. The second-order valence-corrected chi connectivity index (χ2v) is 9.69. The number of aliphatic hydroxyl groups is 2.